The smallest absolute Gasteiger partial charge is 0.266 e. The molecular weight excluding hydrogens is 359 g/mol. The van der Waals surface area contributed by atoms with E-state index < -0.39 is 17.6 Å². The number of carbonyl (C=O) groups excluding carboxylic acids is 2. The molecule has 0 aliphatic carbocycles. The summed E-state index contributed by atoms with van der Waals surface area (Å²) in [5.74, 6) is -2.17. The Labute approximate surface area is 163 Å². The van der Waals surface area contributed by atoms with Crippen LogP contribution in [0.15, 0.2) is 23.8 Å². The van der Waals surface area contributed by atoms with Gasteiger partial charge in [-0.15, -0.1) is 0 Å². The van der Waals surface area contributed by atoms with Gasteiger partial charge in [0.1, 0.15) is 17.5 Å². The van der Waals surface area contributed by atoms with E-state index >= 15 is 0 Å². The molecule has 0 aliphatic heterocycles. The van der Waals surface area contributed by atoms with E-state index in [1.165, 1.54) is 19.1 Å². The number of nitriles is 1. The second kappa shape index (κ2) is 8.53. The molecule has 0 bridgehead atoms. The van der Waals surface area contributed by atoms with E-state index in [9.17, 15) is 19.2 Å². The predicted octanol–water partition coefficient (Wildman–Crippen LogP) is 3.61. The van der Waals surface area contributed by atoms with Gasteiger partial charge in [0.25, 0.3) is 5.91 Å². The number of hydrogen-bond acceptors (Lipinski definition) is 3. The van der Waals surface area contributed by atoms with Crippen LogP contribution in [-0.2, 0) is 11.3 Å². The zero-order valence-corrected chi connectivity index (χ0v) is 16.4. The number of amides is 2. The quantitative estimate of drug-likeness (QED) is 0.589. The summed E-state index contributed by atoms with van der Waals surface area (Å²) in [6.45, 7) is 8.27. The SMILES string of the molecule is CCCn1c(C)cc(/C=C(/C#N)C(=O)Nc2cc(C(N)=O)cc(F)c2C)c1C. The van der Waals surface area contributed by atoms with Crippen LogP contribution in [0.25, 0.3) is 6.08 Å². The number of nitrogens with two attached hydrogens (primary N) is 1. The molecule has 28 heavy (non-hydrogen) atoms. The highest BCUT2D eigenvalue weighted by Gasteiger charge is 2.16. The Morgan fingerprint density at radius 2 is 1.96 bits per heavy atom. The molecule has 7 heteroatoms. The first-order valence-corrected chi connectivity index (χ1v) is 8.89. The van der Waals surface area contributed by atoms with E-state index in [2.05, 4.69) is 16.8 Å². The van der Waals surface area contributed by atoms with Gasteiger partial charge in [0.05, 0.1) is 0 Å². The Balaban J connectivity index is 2.38. The molecule has 3 N–H and O–H groups in total. The van der Waals surface area contributed by atoms with Crippen LogP contribution >= 0.6 is 0 Å². The second-order valence-corrected chi connectivity index (χ2v) is 6.60. The fraction of sp³-hybridized carbons (Fsp3) is 0.286. The molecule has 1 heterocycles. The van der Waals surface area contributed by atoms with Crippen LogP contribution in [0.4, 0.5) is 10.1 Å². The normalized spacial score (nSPS) is 11.2. The van der Waals surface area contributed by atoms with E-state index in [1.807, 2.05) is 26.0 Å². The van der Waals surface area contributed by atoms with E-state index in [4.69, 9.17) is 5.73 Å². The van der Waals surface area contributed by atoms with Crippen molar-refractivity contribution in [3.63, 3.8) is 0 Å². The largest absolute Gasteiger partial charge is 0.366 e. The van der Waals surface area contributed by atoms with Crippen molar-refractivity contribution in [1.29, 1.82) is 5.26 Å². The minimum Gasteiger partial charge on any atom is -0.366 e. The highest BCUT2D eigenvalue weighted by atomic mass is 19.1. The van der Waals surface area contributed by atoms with Crippen molar-refractivity contribution in [3.8, 4) is 6.07 Å². The molecule has 0 unspecified atom stereocenters. The van der Waals surface area contributed by atoms with Crippen molar-refractivity contribution in [2.45, 2.75) is 40.7 Å². The predicted molar refractivity (Wildman–Crippen MR) is 106 cm³/mol. The number of anilines is 1. The Hall–Kier alpha value is -3.40. The second-order valence-electron chi connectivity index (χ2n) is 6.60. The van der Waals surface area contributed by atoms with Gasteiger partial charge in [-0.1, -0.05) is 6.92 Å². The molecule has 0 atom stereocenters. The molecule has 2 aromatic rings. The molecule has 1 aromatic carbocycles. The number of rotatable bonds is 6. The number of hydrogen-bond donors (Lipinski definition) is 2. The lowest BCUT2D eigenvalue weighted by molar-refractivity contribution is -0.112. The maximum absolute atomic E-state index is 14.0. The average Bonchev–Trinajstić information content (AvgIpc) is 2.90. The maximum atomic E-state index is 14.0. The first kappa shape index (κ1) is 20.9. The summed E-state index contributed by atoms with van der Waals surface area (Å²) in [6, 6.07) is 6.10. The van der Waals surface area contributed by atoms with Crippen LogP contribution in [0.2, 0.25) is 0 Å². The van der Waals surface area contributed by atoms with E-state index in [-0.39, 0.29) is 22.4 Å². The molecule has 0 aliphatic rings. The van der Waals surface area contributed by atoms with E-state index in [0.29, 0.717) is 0 Å². The minimum atomic E-state index is -0.811. The van der Waals surface area contributed by atoms with Crippen molar-refractivity contribution in [2.75, 3.05) is 5.32 Å². The number of nitrogens with one attached hydrogen (secondary N) is 1. The van der Waals surface area contributed by atoms with Gasteiger partial charge in [-0.2, -0.15) is 5.26 Å². The van der Waals surface area contributed by atoms with Crippen molar-refractivity contribution >= 4 is 23.6 Å². The van der Waals surface area contributed by atoms with E-state index in [0.717, 1.165) is 36.0 Å². The summed E-state index contributed by atoms with van der Waals surface area (Å²) >= 11 is 0. The fourth-order valence-electron chi connectivity index (χ4n) is 2.99. The number of aryl methyl sites for hydroxylation is 1. The van der Waals surface area contributed by atoms with Gasteiger partial charge in [0, 0.05) is 34.7 Å². The number of aromatic nitrogens is 1. The van der Waals surface area contributed by atoms with Crippen LogP contribution < -0.4 is 11.1 Å². The third-order valence-electron chi connectivity index (χ3n) is 4.60. The Bertz CT molecular complexity index is 1010. The third kappa shape index (κ3) is 4.29. The van der Waals surface area contributed by atoms with Crippen molar-refractivity contribution < 1.29 is 14.0 Å². The number of halogens is 1. The van der Waals surface area contributed by atoms with Gasteiger partial charge in [-0.05, 0) is 57.0 Å². The molecule has 0 radical (unpaired) electrons. The van der Waals surface area contributed by atoms with Crippen LogP contribution in [0.1, 0.15) is 46.2 Å². The summed E-state index contributed by atoms with van der Waals surface area (Å²) in [7, 11) is 0. The van der Waals surface area contributed by atoms with Crippen molar-refractivity contribution in [3.05, 3.63) is 57.7 Å². The molecule has 0 spiro atoms. The molecule has 1 aromatic heterocycles. The van der Waals surface area contributed by atoms with Gasteiger partial charge < -0.3 is 15.6 Å². The summed E-state index contributed by atoms with van der Waals surface area (Å²) in [5.41, 5.74) is 8.01. The monoisotopic (exact) mass is 382 g/mol. The zero-order chi connectivity index (χ0) is 21.0. The van der Waals surface area contributed by atoms with Crippen molar-refractivity contribution in [2.24, 2.45) is 5.73 Å². The number of benzene rings is 1. The highest BCUT2D eigenvalue weighted by Crippen LogP contribution is 2.23. The van der Waals surface area contributed by atoms with Crippen LogP contribution in [0.5, 0.6) is 0 Å². The average molecular weight is 382 g/mol. The van der Waals surface area contributed by atoms with Gasteiger partial charge in [-0.25, -0.2) is 4.39 Å². The number of carbonyl (C=O) groups is 2. The Morgan fingerprint density at radius 3 is 2.54 bits per heavy atom. The minimum absolute atomic E-state index is 0.0657. The molecule has 146 valence electrons. The molecule has 2 amide bonds. The lowest BCUT2D eigenvalue weighted by Crippen LogP contribution is -2.17. The summed E-state index contributed by atoms with van der Waals surface area (Å²) in [4.78, 5) is 23.9. The lowest BCUT2D eigenvalue weighted by atomic mass is 10.1. The summed E-state index contributed by atoms with van der Waals surface area (Å²) < 4.78 is 16.1. The van der Waals surface area contributed by atoms with Gasteiger partial charge in [0.2, 0.25) is 5.91 Å². The van der Waals surface area contributed by atoms with Gasteiger partial charge >= 0.3 is 0 Å². The first-order valence-electron chi connectivity index (χ1n) is 8.89. The van der Waals surface area contributed by atoms with Crippen LogP contribution in [-0.4, -0.2) is 16.4 Å². The number of nitrogens with zero attached hydrogens (tertiary/aromatic N) is 2. The van der Waals surface area contributed by atoms with Crippen molar-refractivity contribution in [1.82, 2.24) is 4.57 Å². The Morgan fingerprint density at radius 1 is 1.29 bits per heavy atom. The van der Waals surface area contributed by atoms with Gasteiger partial charge in [-0.3, -0.25) is 9.59 Å². The standard InChI is InChI=1S/C21H23FN4O2/c1-5-6-26-12(2)7-15(14(26)4)8-17(11-23)21(28)25-19-10-16(20(24)27)9-18(22)13(19)3/h7-10H,5-6H2,1-4H3,(H2,24,27)(H,25,28)/b17-8-. The molecular formula is C21H23FN4O2. The molecule has 0 saturated carbocycles. The fourth-order valence-corrected chi connectivity index (χ4v) is 2.99. The maximum Gasteiger partial charge on any atom is 0.266 e. The summed E-state index contributed by atoms with van der Waals surface area (Å²) in [5, 5.41) is 11.9. The summed E-state index contributed by atoms with van der Waals surface area (Å²) in [6.07, 6.45) is 2.47. The van der Waals surface area contributed by atoms with Crippen LogP contribution in [0, 0.1) is 37.9 Å². The molecule has 0 fully saturated rings. The van der Waals surface area contributed by atoms with Gasteiger partial charge in [0.15, 0.2) is 0 Å². The number of primary amides is 1. The molecule has 0 saturated heterocycles. The highest BCUT2D eigenvalue weighted by molar-refractivity contribution is 6.10. The third-order valence-corrected chi connectivity index (χ3v) is 4.60. The molecule has 2 rings (SSSR count). The topological polar surface area (TPSA) is 101 Å². The lowest BCUT2D eigenvalue weighted by Gasteiger charge is -2.10. The zero-order valence-electron chi connectivity index (χ0n) is 16.4. The van der Waals surface area contributed by atoms with E-state index in [1.54, 1.807) is 0 Å². The Kier molecular flexibility index (Phi) is 6.37. The van der Waals surface area contributed by atoms with Crippen LogP contribution in [0.3, 0.4) is 0 Å². The first-order chi connectivity index (χ1) is 13.2. The molecule has 6 nitrogen and oxygen atoms in total.